The van der Waals surface area contributed by atoms with Gasteiger partial charge in [-0.25, -0.2) is 14.6 Å². The molecule has 2 aromatic heterocycles. The molecule has 1 aliphatic rings. The van der Waals surface area contributed by atoms with Gasteiger partial charge in [-0.15, -0.1) is 0 Å². The van der Waals surface area contributed by atoms with Crippen LogP contribution in [0.25, 0.3) is 11.0 Å². The minimum atomic E-state index is -4.40. The number of piperazine rings is 1. The molecular formula is C18H19F3N6. The smallest absolute Gasteiger partial charge is 0.353 e. The van der Waals surface area contributed by atoms with Crippen molar-refractivity contribution in [2.75, 3.05) is 38.1 Å². The average molecular weight is 376 g/mol. The Morgan fingerprint density at radius 2 is 1.78 bits per heavy atom. The van der Waals surface area contributed by atoms with Crippen molar-refractivity contribution in [1.29, 1.82) is 0 Å². The second-order valence-electron chi connectivity index (χ2n) is 6.68. The van der Waals surface area contributed by atoms with Gasteiger partial charge in [0.05, 0.1) is 23.7 Å². The number of halogens is 3. The molecule has 0 unspecified atom stereocenters. The quantitative estimate of drug-likeness (QED) is 0.703. The van der Waals surface area contributed by atoms with E-state index in [-0.39, 0.29) is 12.1 Å². The highest BCUT2D eigenvalue weighted by Gasteiger charge is 2.33. The van der Waals surface area contributed by atoms with Crippen LogP contribution in [0.4, 0.5) is 19.0 Å². The monoisotopic (exact) mass is 376 g/mol. The van der Waals surface area contributed by atoms with Gasteiger partial charge in [0.1, 0.15) is 12.1 Å². The van der Waals surface area contributed by atoms with Gasteiger partial charge < -0.3 is 9.80 Å². The number of anilines is 1. The van der Waals surface area contributed by atoms with Crippen molar-refractivity contribution in [2.24, 2.45) is 0 Å². The Kier molecular flexibility index (Phi) is 4.47. The summed E-state index contributed by atoms with van der Waals surface area (Å²) in [5.41, 5.74) is 0.0488. The zero-order valence-electron chi connectivity index (χ0n) is 14.8. The zero-order chi connectivity index (χ0) is 19.0. The van der Waals surface area contributed by atoms with Crippen LogP contribution in [0.5, 0.6) is 0 Å². The number of likely N-dealkylation sites (N-methyl/N-ethyl adjacent to an activating group) is 1. The predicted octanol–water partition coefficient (Wildman–Crippen LogP) is 2.65. The molecule has 1 aliphatic heterocycles. The number of hydrogen-bond acceptors (Lipinski definition) is 5. The van der Waals surface area contributed by atoms with Crippen molar-refractivity contribution in [3.05, 3.63) is 47.9 Å². The Hall–Kier alpha value is -2.68. The summed E-state index contributed by atoms with van der Waals surface area (Å²) < 4.78 is 41.3. The van der Waals surface area contributed by atoms with Crippen LogP contribution in [0.15, 0.2) is 36.8 Å². The highest BCUT2D eigenvalue weighted by molar-refractivity contribution is 5.86. The minimum absolute atomic E-state index is 0.00161. The molecule has 0 atom stereocenters. The van der Waals surface area contributed by atoms with Gasteiger partial charge in [0, 0.05) is 26.2 Å². The van der Waals surface area contributed by atoms with Crippen LogP contribution in [0.2, 0.25) is 0 Å². The summed E-state index contributed by atoms with van der Waals surface area (Å²) in [5.74, 6) is 0.781. The Labute approximate surface area is 154 Å². The van der Waals surface area contributed by atoms with Crippen molar-refractivity contribution >= 4 is 16.9 Å². The Bertz CT molecular complexity index is 944. The molecule has 0 amide bonds. The number of hydrogen-bond donors (Lipinski definition) is 0. The molecule has 0 saturated carbocycles. The van der Waals surface area contributed by atoms with E-state index in [1.54, 1.807) is 12.3 Å². The van der Waals surface area contributed by atoms with Gasteiger partial charge in [0.15, 0.2) is 5.65 Å². The lowest BCUT2D eigenvalue weighted by Gasteiger charge is -2.33. The summed E-state index contributed by atoms with van der Waals surface area (Å²) in [6.07, 6.45) is -1.32. The fourth-order valence-electron chi connectivity index (χ4n) is 3.36. The normalized spacial score (nSPS) is 16.2. The number of alkyl halides is 3. The van der Waals surface area contributed by atoms with E-state index in [0.29, 0.717) is 5.65 Å². The molecule has 142 valence electrons. The largest absolute Gasteiger partial charge is 0.416 e. The number of rotatable bonds is 3. The van der Waals surface area contributed by atoms with Crippen LogP contribution in [0.1, 0.15) is 11.1 Å². The Balaban J connectivity index is 1.68. The molecule has 9 heteroatoms. The molecule has 1 aromatic carbocycles. The third kappa shape index (κ3) is 3.46. The molecule has 27 heavy (non-hydrogen) atoms. The molecule has 6 nitrogen and oxygen atoms in total. The summed E-state index contributed by atoms with van der Waals surface area (Å²) in [7, 11) is 2.07. The topological polar surface area (TPSA) is 50.1 Å². The van der Waals surface area contributed by atoms with E-state index in [9.17, 15) is 13.2 Å². The lowest BCUT2D eigenvalue weighted by Crippen LogP contribution is -2.44. The van der Waals surface area contributed by atoms with E-state index < -0.39 is 11.7 Å². The molecule has 3 aromatic rings. The van der Waals surface area contributed by atoms with Crippen LogP contribution in [0, 0.1) is 0 Å². The summed E-state index contributed by atoms with van der Waals surface area (Å²) in [6, 6.07) is 5.55. The Morgan fingerprint density at radius 3 is 2.52 bits per heavy atom. The third-order valence-electron chi connectivity index (χ3n) is 4.86. The summed E-state index contributed by atoms with van der Waals surface area (Å²) in [4.78, 5) is 13.1. The van der Waals surface area contributed by atoms with E-state index in [2.05, 4.69) is 31.9 Å². The maximum Gasteiger partial charge on any atom is 0.416 e. The number of nitrogens with zero attached hydrogens (tertiary/aromatic N) is 6. The van der Waals surface area contributed by atoms with Crippen LogP contribution in [-0.2, 0) is 12.7 Å². The van der Waals surface area contributed by atoms with E-state index in [0.717, 1.165) is 43.4 Å². The molecule has 4 rings (SSSR count). The highest BCUT2D eigenvalue weighted by atomic mass is 19.4. The van der Waals surface area contributed by atoms with Crippen molar-refractivity contribution in [3.8, 4) is 0 Å². The zero-order valence-corrected chi connectivity index (χ0v) is 14.8. The summed E-state index contributed by atoms with van der Waals surface area (Å²) in [6.45, 7) is 3.53. The van der Waals surface area contributed by atoms with Gasteiger partial charge in [-0.1, -0.05) is 18.2 Å². The molecule has 0 radical (unpaired) electrons. The molecule has 3 heterocycles. The average Bonchev–Trinajstić information content (AvgIpc) is 3.05. The van der Waals surface area contributed by atoms with Gasteiger partial charge in [-0.05, 0) is 18.7 Å². The highest BCUT2D eigenvalue weighted by Crippen LogP contribution is 2.32. The van der Waals surface area contributed by atoms with Gasteiger partial charge >= 0.3 is 6.18 Å². The van der Waals surface area contributed by atoms with Crippen LogP contribution < -0.4 is 4.90 Å². The van der Waals surface area contributed by atoms with E-state index in [4.69, 9.17) is 0 Å². The molecule has 1 saturated heterocycles. The minimum Gasteiger partial charge on any atom is -0.353 e. The van der Waals surface area contributed by atoms with Crippen molar-refractivity contribution in [2.45, 2.75) is 12.7 Å². The number of benzene rings is 1. The molecule has 0 spiro atoms. The lowest BCUT2D eigenvalue weighted by atomic mass is 10.1. The van der Waals surface area contributed by atoms with Gasteiger partial charge in [0.2, 0.25) is 0 Å². The molecule has 0 bridgehead atoms. The fourth-order valence-corrected chi connectivity index (χ4v) is 3.36. The molecular weight excluding hydrogens is 357 g/mol. The molecule has 0 N–H and O–H groups in total. The second-order valence-corrected chi connectivity index (χ2v) is 6.68. The first-order chi connectivity index (χ1) is 12.9. The van der Waals surface area contributed by atoms with E-state index in [1.807, 2.05) is 0 Å². The van der Waals surface area contributed by atoms with Crippen molar-refractivity contribution < 1.29 is 13.2 Å². The van der Waals surface area contributed by atoms with Gasteiger partial charge in [-0.3, -0.25) is 0 Å². The molecule has 1 fully saturated rings. The van der Waals surface area contributed by atoms with Gasteiger partial charge in [-0.2, -0.15) is 18.3 Å². The predicted molar refractivity (Wildman–Crippen MR) is 95.6 cm³/mol. The van der Waals surface area contributed by atoms with Crippen molar-refractivity contribution in [3.63, 3.8) is 0 Å². The third-order valence-corrected chi connectivity index (χ3v) is 4.86. The Morgan fingerprint density at radius 1 is 1.04 bits per heavy atom. The number of aromatic nitrogens is 4. The van der Waals surface area contributed by atoms with E-state index >= 15 is 0 Å². The van der Waals surface area contributed by atoms with Gasteiger partial charge in [0.25, 0.3) is 0 Å². The summed E-state index contributed by atoms with van der Waals surface area (Å²) in [5, 5.41) is 5.05. The maximum absolute atomic E-state index is 13.3. The first kappa shape index (κ1) is 17.7. The fraction of sp³-hybridized carbons (Fsp3) is 0.389. The number of fused-ring (bicyclic) bond motifs is 1. The first-order valence-corrected chi connectivity index (χ1v) is 8.68. The standard InChI is InChI=1S/C18H19F3N6/c1-25-6-8-26(9-7-25)16-14-10-24-27(17(14)23-12-22-16)11-13-4-2-3-5-15(13)18(19,20)21/h2-5,10,12H,6-9,11H2,1H3. The first-order valence-electron chi connectivity index (χ1n) is 8.68. The van der Waals surface area contributed by atoms with Crippen LogP contribution >= 0.6 is 0 Å². The van der Waals surface area contributed by atoms with Crippen LogP contribution in [0.3, 0.4) is 0 Å². The SMILES string of the molecule is CN1CCN(c2ncnc3c2cnn3Cc2ccccc2C(F)(F)F)CC1. The lowest BCUT2D eigenvalue weighted by molar-refractivity contribution is -0.138. The van der Waals surface area contributed by atoms with E-state index in [1.165, 1.54) is 23.1 Å². The van der Waals surface area contributed by atoms with Crippen molar-refractivity contribution in [1.82, 2.24) is 24.6 Å². The second kappa shape index (κ2) is 6.80. The van der Waals surface area contributed by atoms with Crippen LogP contribution in [-0.4, -0.2) is 57.9 Å². The summed E-state index contributed by atoms with van der Waals surface area (Å²) >= 11 is 0. The maximum atomic E-state index is 13.3. The molecule has 0 aliphatic carbocycles.